The number of fused-ring (bicyclic) bond motifs is 1. The number of rotatable bonds is 1. The van der Waals surface area contributed by atoms with E-state index >= 15 is 0 Å². The lowest BCUT2D eigenvalue weighted by molar-refractivity contribution is 0.152. The first-order chi connectivity index (χ1) is 8.34. The van der Waals surface area contributed by atoms with Crippen LogP contribution in [0.1, 0.15) is 12.1 Å². The second-order valence-corrected chi connectivity index (χ2v) is 4.31. The van der Waals surface area contributed by atoms with Crippen molar-refractivity contribution in [3.8, 4) is 0 Å². The first-order valence-electron chi connectivity index (χ1n) is 5.99. The molecule has 2 aromatic rings. The quantitative estimate of drug-likeness (QED) is 0.742. The maximum atomic E-state index is 5.48. The van der Waals surface area contributed by atoms with Gasteiger partial charge in [0.2, 0.25) is 0 Å². The lowest BCUT2D eigenvalue weighted by Gasteiger charge is -2.22. The smallest absolute Gasteiger partial charge is 0.157 e. The van der Waals surface area contributed by atoms with E-state index in [1.807, 2.05) is 17.5 Å². The monoisotopic (exact) mass is 232 g/mol. The molecule has 0 aromatic carbocycles. The van der Waals surface area contributed by atoms with Crippen LogP contribution in [0.15, 0.2) is 18.3 Å². The van der Waals surface area contributed by atoms with E-state index in [1.165, 1.54) is 0 Å². The third kappa shape index (κ3) is 1.98. The number of aromatic nitrogens is 3. The molecule has 1 saturated heterocycles. The molecule has 1 aliphatic rings. The van der Waals surface area contributed by atoms with Crippen LogP contribution in [0.4, 0.5) is 5.82 Å². The molecule has 0 N–H and O–H groups in total. The van der Waals surface area contributed by atoms with Crippen LogP contribution in [0.25, 0.3) is 5.65 Å². The van der Waals surface area contributed by atoms with Crippen molar-refractivity contribution in [3.63, 3.8) is 0 Å². The van der Waals surface area contributed by atoms with Gasteiger partial charge >= 0.3 is 0 Å². The van der Waals surface area contributed by atoms with Crippen LogP contribution < -0.4 is 4.90 Å². The predicted octanol–water partition coefficient (Wildman–Crippen LogP) is 1.26. The van der Waals surface area contributed by atoms with E-state index in [-0.39, 0.29) is 0 Å². The summed E-state index contributed by atoms with van der Waals surface area (Å²) in [6.07, 6.45) is 2.85. The molecular formula is C12H16N4O. The fourth-order valence-corrected chi connectivity index (χ4v) is 2.22. The number of ether oxygens (including phenoxy) is 1. The van der Waals surface area contributed by atoms with E-state index in [0.29, 0.717) is 0 Å². The van der Waals surface area contributed by atoms with Crippen LogP contribution in [0.5, 0.6) is 0 Å². The van der Waals surface area contributed by atoms with Gasteiger partial charge in [0.1, 0.15) is 5.82 Å². The normalized spacial score (nSPS) is 17.4. The summed E-state index contributed by atoms with van der Waals surface area (Å²) in [5, 5.41) is 4.34. The minimum Gasteiger partial charge on any atom is -0.380 e. The van der Waals surface area contributed by atoms with E-state index in [2.05, 4.69) is 21.0 Å². The molecule has 0 atom stereocenters. The Bertz CT molecular complexity index is 514. The average molecular weight is 232 g/mol. The largest absolute Gasteiger partial charge is 0.380 e. The fourth-order valence-electron chi connectivity index (χ4n) is 2.22. The molecule has 5 nitrogen and oxygen atoms in total. The van der Waals surface area contributed by atoms with E-state index in [4.69, 9.17) is 4.74 Å². The second-order valence-electron chi connectivity index (χ2n) is 4.31. The van der Waals surface area contributed by atoms with Gasteiger partial charge in [0.05, 0.1) is 12.8 Å². The summed E-state index contributed by atoms with van der Waals surface area (Å²) in [7, 11) is 0. The van der Waals surface area contributed by atoms with Crippen molar-refractivity contribution >= 4 is 11.5 Å². The lowest BCUT2D eigenvalue weighted by atomic mass is 10.3. The molecule has 3 heterocycles. The molecule has 0 spiro atoms. The van der Waals surface area contributed by atoms with Gasteiger partial charge in [-0.05, 0) is 13.3 Å². The number of anilines is 1. The molecule has 2 aromatic heterocycles. The topological polar surface area (TPSA) is 42.7 Å². The van der Waals surface area contributed by atoms with Crippen molar-refractivity contribution in [1.29, 1.82) is 0 Å². The number of hydrogen-bond acceptors (Lipinski definition) is 4. The second kappa shape index (κ2) is 4.33. The van der Waals surface area contributed by atoms with Crippen molar-refractivity contribution in [1.82, 2.24) is 14.6 Å². The maximum Gasteiger partial charge on any atom is 0.157 e. The molecule has 1 aliphatic heterocycles. The summed E-state index contributed by atoms with van der Waals surface area (Å²) in [5.74, 6) is 1.11. The molecule has 3 rings (SSSR count). The minimum absolute atomic E-state index is 0.782. The Labute approximate surface area is 100 Å². The van der Waals surface area contributed by atoms with Crippen LogP contribution in [0, 0.1) is 6.92 Å². The summed E-state index contributed by atoms with van der Waals surface area (Å²) >= 11 is 0. The summed E-state index contributed by atoms with van der Waals surface area (Å²) in [4.78, 5) is 6.78. The summed E-state index contributed by atoms with van der Waals surface area (Å²) < 4.78 is 7.38. The molecule has 0 amide bonds. The van der Waals surface area contributed by atoms with E-state index < -0.39 is 0 Å². The molecule has 0 unspecified atom stereocenters. The van der Waals surface area contributed by atoms with Crippen molar-refractivity contribution in [2.24, 2.45) is 0 Å². The third-order valence-corrected chi connectivity index (χ3v) is 3.01. The number of nitrogens with zero attached hydrogens (tertiary/aromatic N) is 4. The summed E-state index contributed by atoms with van der Waals surface area (Å²) in [5.41, 5.74) is 1.93. The first kappa shape index (κ1) is 10.5. The Morgan fingerprint density at radius 3 is 3.18 bits per heavy atom. The zero-order chi connectivity index (χ0) is 11.7. The van der Waals surface area contributed by atoms with Gasteiger partial charge in [-0.15, -0.1) is 0 Å². The van der Waals surface area contributed by atoms with Crippen LogP contribution in [-0.2, 0) is 4.74 Å². The van der Waals surface area contributed by atoms with Crippen molar-refractivity contribution < 1.29 is 4.74 Å². The van der Waals surface area contributed by atoms with E-state index in [1.54, 1.807) is 6.20 Å². The predicted molar refractivity (Wildman–Crippen MR) is 65.4 cm³/mol. The lowest BCUT2D eigenvalue weighted by Crippen LogP contribution is -2.28. The molecule has 0 aliphatic carbocycles. The van der Waals surface area contributed by atoms with Gasteiger partial charge in [0, 0.05) is 37.5 Å². The van der Waals surface area contributed by atoms with Crippen molar-refractivity contribution in [3.05, 3.63) is 24.0 Å². The summed E-state index contributed by atoms with van der Waals surface area (Å²) in [6.45, 7) is 5.58. The summed E-state index contributed by atoms with van der Waals surface area (Å²) in [6, 6.07) is 4.02. The Hall–Kier alpha value is -1.62. The molecular weight excluding hydrogens is 216 g/mol. The highest BCUT2D eigenvalue weighted by molar-refractivity contribution is 5.50. The standard InChI is InChI=1S/C12H16N4O/c1-10-9-12(15-5-2-7-17-8-6-15)16-11(14-10)3-4-13-16/h3-4,9H,2,5-8H2,1H3. The Morgan fingerprint density at radius 1 is 1.29 bits per heavy atom. The van der Waals surface area contributed by atoms with Gasteiger partial charge in [0.15, 0.2) is 5.65 Å². The zero-order valence-electron chi connectivity index (χ0n) is 9.96. The van der Waals surface area contributed by atoms with Gasteiger partial charge < -0.3 is 9.64 Å². The highest BCUT2D eigenvalue weighted by atomic mass is 16.5. The molecule has 90 valence electrons. The zero-order valence-corrected chi connectivity index (χ0v) is 9.96. The van der Waals surface area contributed by atoms with Crippen molar-refractivity contribution in [2.45, 2.75) is 13.3 Å². The highest BCUT2D eigenvalue weighted by Crippen LogP contribution is 2.18. The molecule has 0 bridgehead atoms. The van der Waals surface area contributed by atoms with Gasteiger partial charge in [-0.1, -0.05) is 0 Å². The van der Waals surface area contributed by atoms with Gasteiger partial charge in [0.25, 0.3) is 0 Å². The number of hydrogen-bond donors (Lipinski definition) is 0. The van der Waals surface area contributed by atoms with Crippen LogP contribution >= 0.6 is 0 Å². The molecule has 0 radical (unpaired) electrons. The van der Waals surface area contributed by atoms with E-state index in [0.717, 1.165) is 49.9 Å². The molecule has 17 heavy (non-hydrogen) atoms. The molecule has 5 heteroatoms. The van der Waals surface area contributed by atoms with Gasteiger partial charge in [-0.3, -0.25) is 0 Å². The van der Waals surface area contributed by atoms with Crippen molar-refractivity contribution in [2.75, 3.05) is 31.2 Å². The minimum atomic E-state index is 0.782. The molecule has 1 fully saturated rings. The van der Waals surface area contributed by atoms with Gasteiger partial charge in [-0.25, -0.2) is 4.98 Å². The third-order valence-electron chi connectivity index (χ3n) is 3.01. The van der Waals surface area contributed by atoms with E-state index in [9.17, 15) is 0 Å². The van der Waals surface area contributed by atoms with Crippen LogP contribution in [0.2, 0.25) is 0 Å². The Morgan fingerprint density at radius 2 is 2.24 bits per heavy atom. The fraction of sp³-hybridized carbons (Fsp3) is 0.500. The SMILES string of the molecule is Cc1cc(N2CCCOCC2)n2nccc2n1. The van der Waals surface area contributed by atoms with Gasteiger partial charge in [-0.2, -0.15) is 9.61 Å². The highest BCUT2D eigenvalue weighted by Gasteiger charge is 2.14. The Kier molecular flexibility index (Phi) is 2.68. The molecule has 0 saturated carbocycles. The average Bonchev–Trinajstić information content (AvgIpc) is 2.62. The van der Waals surface area contributed by atoms with Crippen LogP contribution in [-0.4, -0.2) is 40.9 Å². The number of aryl methyl sites for hydroxylation is 1. The first-order valence-corrected chi connectivity index (χ1v) is 5.99. The van der Waals surface area contributed by atoms with Crippen LogP contribution in [0.3, 0.4) is 0 Å². The maximum absolute atomic E-state index is 5.48. The Balaban J connectivity index is 2.05.